The fourth-order valence-electron chi connectivity index (χ4n) is 3.46. The molecule has 0 spiro atoms. The van der Waals surface area contributed by atoms with E-state index in [-0.39, 0.29) is 17.8 Å². The number of sulfonamides is 1. The van der Waals surface area contributed by atoms with Gasteiger partial charge in [0.05, 0.1) is 24.2 Å². The van der Waals surface area contributed by atoms with E-state index in [0.717, 1.165) is 5.56 Å². The van der Waals surface area contributed by atoms with E-state index in [1.54, 1.807) is 66.9 Å². The number of nitrogens with one attached hydrogen (secondary N) is 3. The molecule has 10 nitrogen and oxygen atoms in total. The van der Waals surface area contributed by atoms with Crippen LogP contribution in [0.4, 0.5) is 23.0 Å². The quantitative estimate of drug-likeness (QED) is 0.214. The number of rotatable bonds is 11. The maximum absolute atomic E-state index is 12.8. The molecule has 4 rings (SSSR count). The minimum absolute atomic E-state index is 0.0917. The molecule has 1 amide bonds. The van der Waals surface area contributed by atoms with E-state index in [1.807, 2.05) is 13.0 Å². The highest BCUT2D eigenvalue weighted by molar-refractivity contribution is 7.92. The Balaban J connectivity index is 1.43. The second kappa shape index (κ2) is 11.7. The predicted octanol–water partition coefficient (Wildman–Crippen LogP) is 3.96. The minimum atomic E-state index is -3.51. The zero-order valence-electron chi connectivity index (χ0n) is 20.7. The van der Waals surface area contributed by atoms with Crippen LogP contribution in [0.25, 0.3) is 5.57 Å². The lowest BCUT2D eigenvalue weighted by Gasteiger charge is -2.12. The largest absolute Gasteiger partial charge is 0.404 e. The summed E-state index contributed by atoms with van der Waals surface area (Å²) in [6, 6.07) is 13.4. The molecule has 0 saturated carbocycles. The predicted molar refractivity (Wildman–Crippen MR) is 150 cm³/mol. The fourth-order valence-corrected chi connectivity index (χ4v) is 4.72. The highest BCUT2D eigenvalue weighted by Gasteiger charge is 2.29. The zero-order chi connectivity index (χ0) is 27.1. The van der Waals surface area contributed by atoms with E-state index in [9.17, 15) is 13.2 Å². The number of aromatic nitrogens is 2. The van der Waals surface area contributed by atoms with Crippen molar-refractivity contribution in [2.75, 3.05) is 27.7 Å². The number of nitrogens with zero attached hydrogens (tertiary/aromatic N) is 2. The molecule has 0 aliphatic carbocycles. The number of benzene rings is 2. The highest BCUT2D eigenvalue weighted by Crippen LogP contribution is 2.24. The van der Waals surface area contributed by atoms with Crippen molar-refractivity contribution < 1.29 is 17.9 Å². The summed E-state index contributed by atoms with van der Waals surface area (Å²) in [5, 5.41) is 6.04. The van der Waals surface area contributed by atoms with Crippen molar-refractivity contribution >= 4 is 44.5 Å². The van der Waals surface area contributed by atoms with Crippen LogP contribution in [0, 0.1) is 6.92 Å². The van der Waals surface area contributed by atoms with Crippen LogP contribution in [-0.4, -0.2) is 42.8 Å². The first-order chi connectivity index (χ1) is 18.3. The molecule has 1 aliphatic rings. The number of hydrogen-bond acceptors (Lipinski definition) is 8. The third-order valence-corrected chi connectivity index (χ3v) is 6.87. The summed E-state index contributed by atoms with van der Waals surface area (Å²) < 4.78 is 31.7. The normalized spacial score (nSPS) is 15.2. The molecule has 0 bridgehead atoms. The Hall–Kier alpha value is -4.48. The first kappa shape index (κ1) is 26.6. The first-order valence-corrected chi connectivity index (χ1v) is 13.4. The number of carbonyl (C=O) groups excluding carboxylic acids is 1. The Kier molecular flexibility index (Phi) is 8.19. The second-order valence-electron chi connectivity index (χ2n) is 8.51. The van der Waals surface area contributed by atoms with Gasteiger partial charge in [0.2, 0.25) is 16.0 Å². The zero-order valence-corrected chi connectivity index (χ0v) is 21.5. The van der Waals surface area contributed by atoms with Gasteiger partial charge >= 0.3 is 0 Å². The summed E-state index contributed by atoms with van der Waals surface area (Å²) in [4.78, 5) is 21.6. The van der Waals surface area contributed by atoms with E-state index >= 15 is 0 Å². The Morgan fingerprint density at radius 3 is 2.61 bits per heavy atom. The van der Waals surface area contributed by atoms with Gasteiger partial charge in [-0.1, -0.05) is 30.9 Å². The van der Waals surface area contributed by atoms with Crippen LogP contribution in [0.2, 0.25) is 0 Å². The molecule has 2 aromatic carbocycles. The van der Waals surface area contributed by atoms with Crippen LogP contribution in [0.5, 0.6) is 0 Å². The number of carbonyl (C=O) groups is 1. The summed E-state index contributed by atoms with van der Waals surface area (Å²) in [6.07, 6.45) is 8.04. The van der Waals surface area contributed by atoms with Crippen molar-refractivity contribution in [3.8, 4) is 0 Å². The maximum Gasteiger partial charge on any atom is 0.255 e. The van der Waals surface area contributed by atoms with Gasteiger partial charge < -0.3 is 21.1 Å². The summed E-state index contributed by atoms with van der Waals surface area (Å²) in [5.41, 5.74) is 10.0. The molecule has 0 radical (unpaired) electrons. The van der Waals surface area contributed by atoms with Crippen molar-refractivity contribution in [3.05, 3.63) is 103 Å². The number of allylic oxidation sites excluding steroid dienone is 4. The smallest absolute Gasteiger partial charge is 0.255 e. The lowest BCUT2D eigenvalue weighted by atomic mass is 10.1. The van der Waals surface area contributed by atoms with Crippen molar-refractivity contribution in [2.24, 2.45) is 5.73 Å². The number of anilines is 4. The van der Waals surface area contributed by atoms with E-state index in [2.05, 4.69) is 31.9 Å². The standard InChI is InChI=1S/C27H28N6O4S/c1-3-4-5-20(15-28)24-12-13-29-27(31-24)32-25-14-22(9-6-18(25)2)30-26(34)19-7-10-21(11-8-19)33-38(35,36)17-23-16-37-23/h3-15,23,33H,1,16-17,28H2,2H3,(H,30,34)(H,29,31,32)/b5-4-,20-15+. The Labute approximate surface area is 221 Å². The number of epoxide rings is 1. The molecule has 1 saturated heterocycles. The van der Waals surface area contributed by atoms with Crippen LogP contribution >= 0.6 is 0 Å². The molecule has 38 heavy (non-hydrogen) atoms. The SMILES string of the molecule is C=C/C=C\C(=C/N)c1ccnc(Nc2cc(NC(=O)c3ccc(NS(=O)(=O)CC4CO4)cc3)ccc2C)n1. The van der Waals surface area contributed by atoms with Crippen molar-refractivity contribution in [1.82, 2.24) is 9.97 Å². The van der Waals surface area contributed by atoms with E-state index < -0.39 is 10.0 Å². The lowest BCUT2D eigenvalue weighted by Crippen LogP contribution is -2.20. The van der Waals surface area contributed by atoms with E-state index in [4.69, 9.17) is 10.5 Å². The maximum atomic E-state index is 12.8. The van der Waals surface area contributed by atoms with Crippen LogP contribution in [0.3, 0.4) is 0 Å². The molecule has 1 fully saturated rings. The number of hydrogen-bond donors (Lipinski definition) is 4. The Morgan fingerprint density at radius 2 is 1.92 bits per heavy atom. The second-order valence-corrected chi connectivity index (χ2v) is 10.3. The van der Waals surface area contributed by atoms with Gasteiger partial charge in [0.15, 0.2) is 0 Å². The van der Waals surface area contributed by atoms with Gasteiger partial charge in [-0.05, 0) is 55.0 Å². The fraction of sp³-hybridized carbons (Fsp3) is 0.148. The van der Waals surface area contributed by atoms with Gasteiger partial charge in [0.25, 0.3) is 5.91 Å². The molecular weight excluding hydrogens is 504 g/mol. The molecule has 1 unspecified atom stereocenters. The van der Waals surface area contributed by atoms with E-state index in [0.29, 0.717) is 46.4 Å². The summed E-state index contributed by atoms with van der Waals surface area (Å²) in [6.45, 7) is 6.04. The van der Waals surface area contributed by atoms with Crippen LogP contribution in [-0.2, 0) is 14.8 Å². The van der Waals surface area contributed by atoms with Gasteiger partial charge in [-0.15, -0.1) is 0 Å². The van der Waals surface area contributed by atoms with E-state index in [1.165, 1.54) is 6.20 Å². The van der Waals surface area contributed by atoms with Crippen LogP contribution in [0.15, 0.2) is 85.7 Å². The van der Waals surface area contributed by atoms with Crippen molar-refractivity contribution in [1.29, 1.82) is 0 Å². The average molecular weight is 533 g/mol. The molecule has 2 heterocycles. The third-order valence-electron chi connectivity index (χ3n) is 5.51. The molecule has 196 valence electrons. The topological polar surface area (TPSA) is 152 Å². The monoisotopic (exact) mass is 532 g/mol. The molecule has 3 aromatic rings. The number of amides is 1. The molecule has 1 aliphatic heterocycles. The van der Waals surface area contributed by atoms with Gasteiger partial charge in [0.1, 0.15) is 0 Å². The number of aryl methyl sites for hydroxylation is 1. The summed E-state index contributed by atoms with van der Waals surface area (Å²) in [5.74, 6) is -0.0664. The lowest BCUT2D eigenvalue weighted by molar-refractivity contribution is 0.102. The van der Waals surface area contributed by atoms with Gasteiger partial charge in [-0.25, -0.2) is 18.4 Å². The highest BCUT2D eigenvalue weighted by atomic mass is 32.2. The number of nitrogens with two attached hydrogens (primary N) is 1. The molecule has 1 aromatic heterocycles. The van der Waals surface area contributed by atoms with Gasteiger partial charge in [-0.3, -0.25) is 9.52 Å². The number of ether oxygens (including phenoxy) is 1. The average Bonchev–Trinajstić information content (AvgIpc) is 3.70. The molecule has 11 heteroatoms. The minimum Gasteiger partial charge on any atom is -0.404 e. The van der Waals surface area contributed by atoms with Gasteiger partial charge in [0, 0.05) is 40.6 Å². The molecule has 5 N–H and O–H groups in total. The Bertz CT molecular complexity index is 1500. The van der Waals surface area contributed by atoms with Crippen LogP contribution in [0.1, 0.15) is 21.6 Å². The first-order valence-electron chi connectivity index (χ1n) is 11.7. The molecule has 1 atom stereocenters. The van der Waals surface area contributed by atoms with Crippen molar-refractivity contribution in [3.63, 3.8) is 0 Å². The summed E-state index contributed by atoms with van der Waals surface area (Å²) >= 11 is 0. The Morgan fingerprint density at radius 1 is 1.18 bits per heavy atom. The third kappa shape index (κ3) is 7.28. The van der Waals surface area contributed by atoms with Crippen molar-refractivity contribution in [2.45, 2.75) is 13.0 Å². The summed E-state index contributed by atoms with van der Waals surface area (Å²) in [7, 11) is -3.51. The van der Waals surface area contributed by atoms with Gasteiger partial charge in [-0.2, -0.15) is 0 Å². The molecular formula is C27H28N6O4S. The van der Waals surface area contributed by atoms with Crippen LogP contribution < -0.4 is 21.1 Å².